The Kier molecular flexibility index (Phi) is 8.09. The lowest BCUT2D eigenvalue weighted by Crippen LogP contribution is -2.23. The molecular weight excluding hydrogens is 335 g/mol. The normalized spacial score (nSPS) is 16.3. The molecule has 0 radical (unpaired) electrons. The molecule has 1 fully saturated rings. The second-order valence-electron chi connectivity index (χ2n) is 5.37. The van der Waals surface area contributed by atoms with Gasteiger partial charge in [0.2, 0.25) is 5.91 Å². The van der Waals surface area contributed by atoms with Crippen LogP contribution in [0.5, 0.6) is 0 Å². The van der Waals surface area contributed by atoms with Crippen LogP contribution >= 0.6 is 24.8 Å². The summed E-state index contributed by atoms with van der Waals surface area (Å²) in [5.74, 6) is 0.0660. The van der Waals surface area contributed by atoms with Gasteiger partial charge in [0.05, 0.1) is 17.7 Å². The van der Waals surface area contributed by atoms with Crippen molar-refractivity contribution in [2.75, 3.05) is 11.9 Å². The first kappa shape index (κ1) is 19.5. The first-order valence-corrected chi connectivity index (χ1v) is 7.43. The SMILES string of the molecule is Cl.Cl.O=C(CCC1CCCN1)Nc1ccccc1-n1ccnc1. The molecule has 23 heavy (non-hydrogen) atoms. The fourth-order valence-electron chi connectivity index (χ4n) is 2.73. The van der Waals surface area contributed by atoms with Gasteiger partial charge in [-0.05, 0) is 37.9 Å². The number of imidazole rings is 1. The number of nitrogens with zero attached hydrogens (tertiary/aromatic N) is 2. The average molecular weight is 357 g/mol. The van der Waals surface area contributed by atoms with E-state index < -0.39 is 0 Å². The second kappa shape index (κ2) is 9.55. The highest BCUT2D eigenvalue weighted by Gasteiger charge is 2.15. The number of rotatable bonds is 5. The molecule has 2 N–H and O–H groups in total. The zero-order valence-corrected chi connectivity index (χ0v) is 14.4. The number of aromatic nitrogens is 2. The molecule has 1 atom stereocenters. The fourth-order valence-corrected chi connectivity index (χ4v) is 2.73. The van der Waals surface area contributed by atoms with E-state index in [2.05, 4.69) is 15.6 Å². The molecule has 1 unspecified atom stereocenters. The van der Waals surface area contributed by atoms with Crippen LogP contribution in [0, 0.1) is 0 Å². The van der Waals surface area contributed by atoms with Crippen molar-refractivity contribution in [2.45, 2.75) is 31.7 Å². The number of halogens is 2. The Balaban J connectivity index is 0.00000132. The quantitative estimate of drug-likeness (QED) is 0.864. The van der Waals surface area contributed by atoms with Gasteiger partial charge in [-0.15, -0.1) is 24.8 Å². The molecule has 5 nitrogen and oxygen atoms in total. The van der Waals surface area contributed by atoms with Crippen molar-refractivity contribution in [3.05, 3.63) is 43.0 Å². The van der Waals surface area contributed by atoms with Crippen molar-refractivity contribution < 1.29 is 4.79 Å². The maximum absolute atomic E-state index is 12.1. The van der Waals surface area contributed by atoms with Gasteiger partial charge < -0.3 is 15.2 Å². The Bertz CT molecular complexity index is 598. The van der Waals surface area contributed by atoms with Gasteiger partial charge >= 0.3 is 0 Å². The molecule has 1 aliphatic heterocycles. The molecule has 1 amide bonds. The topological polar surface area (TPSA) is 59.0 Å². The monoisotopic (exact) mass is 356 g/mol. The zero-order valence-electron chi connectivity index (χ0n) is 12.8. The van der Waals surface area contributed by atoms with Gasteiger partial charge in [0.15, 0.2) is 0 Å². The van der Waals surface area contributed by atoms with Crippen molar-refractivity contribution in [1.29, 1.82) is 0 Å². The van der Waals surface area contributed by atoms with Crippen LogP contribution in [0.15, 0.2) is 43.0 Å². The number of hydrogen-bond donors (Lipinski definition) is 2. The number of para-hydroxylation sites is 2. The molecule has 7 heteroatoms. The third-order valence-electron chi connectivity index (χ3n) is 3.84. The van der Waals surface area contributed by atoms with Crippen LogP contribution in [0.3, 0.4) is 0 Å². The second-order valence-corrected chi connectivity index (χ2v) is 5.37. The van der Waals surface area contributed by atoms with E-state index >= 15 is 0 Å². The smallest absolute Gasteiger partial charge is 0.224 e. The van der Waals surface area contributed by atoms with Crippen LogP contribution in [0.25, 0.3) is 5.69 Å². The lowest BCUT2D eigenvalue weighted by atomic mass is 10.1. The Hall–Kier alpha value is -1.56. The summed E-state index contributed by atoms with van der Waals surface area (Å²) >= 11 is 0. The van der Waals surface area contributed by atoms with Gasteiger partial charge in [0.25, 0.3) is 0 Å². The molecule has 1 aromatic heterocycles. The van der Waals surface area contributed by atoms with E-state index in [0.29, 0.717) is 12.5 Å². The molecule has 2 heterocycles. The molecule has 0 aliphatic carbocycles. The Morgan fingerprint density at radius 3 is 2.87 bits per heavy atom. The molecule has 3 rings (SSSR count). The number of nitrogens with one attached hydrogen (secondary N) is 2. The number of carbonyl (C=O) groups excluding carboxylic acids is 1. The van der Waals surface area contributed by atoms with Crippen LogP contribution in [0.2, 0.25) is 0 Å². The highest BCUT2D eigenvalue weighted by Crippen LogP contribution is 2.20. The van der Waals surface area contributed by atoms with Crippen LogP contribution < -0.4 is 10.6 Å². The maximum atomic E-state index is 12.1. The number of carbonyl (C=O) groups is 1. The zero-order chi connectivity index (χ0) is 14.5. The molecule has 126 valence electrons. The summed E-state index contributed by atoms with van der Waals surface area (Å²) in [4.78, 5) is 16.2. The van der Waals surface area contributed by atoms with E-state index in [1.54, 1.807) is 12.5 Å². The Morgan fingerprint density at radius 2 is 2.17 bits per heavy atom. The number of amides is 1. The van der Waals surface area contributed by atoms with E-state index in [1.807, 2.05) is 35.0 Å². The summed E-state index contributed by atoms with van der Waals surface area (Å²) in [5.41, 5.74) is 1.75. The largest absolute Gasteiger partial charge is 0.324 e. The standard InChI is InChI=1S/C16H20N4O.2ClH/c21-16(8-7-13-4-3-9-18-13)19-14-5-1-2-6-15(14)20-11-10-17-12-20;;/h1-2,5-6,10-13,18H,3-4,7-9H2,(H,19,21);2*1H. The van der Waals surface area contributed by atoms with Gasteiger partial charge in [0.1, 0.15) is 0 Å². The summed E-state index contributed by atoms with van der Waals surface area (Å²) < 4.78 is 1.90. The Morgan fingerprint density at radius 1 is 1.35 bits per heavy atom. The molecule has 0 saturated carbocycles. The minimum absolute atomic E-state index is 0. The summed E-state index contributed by atoms with van der Waals surface area (Å²) in [5, 5.41) is 6.42. The minimum Gasteiger partial charge on any atom is -0.324 e. The van der Waals surface area contributed by atoms with Crippen LogP contribution in [-0.4, -0.2) is 28.0 Å². The lowest BCUT2D eigenvalue weighted by molar-refractivity contribution is -0.116. The van der Waals surface area contributed by atoms with Gasteiger partial charge in [-0.25, -0.2) is 4.98 Å². The molecule has 1 saturated heterocycles. The van der Waals surface area contributed by atoms with Gasteiger partial charge in [-0.3, -0.25) is 4.79 Å². The summed E-state index contributed by atoms with van der Waals surface area (Å²) in [6.45, 7) is 1.08. The number of anilines is 1. The van der Waals surface area contributed by atoms with Gasteiger partial charge in [0, 0.05) is 24.9 Å². The minimum atomic E-state index is 0. The van der Waals surface area contributed by atoms with Crippen LogP contribution in [0.4, 0.5) is 5.69 Å². The van der Waals surface area contributed by atoms with Crippen molar-refractivity contribution in [2.24, 2.45) is 0 Å². The van der Waals surface area contributed by atoms with Crippen molar-refractivity contribution in [1.82, 2.24) is 14.9 Å². The first-order valence-electron chi connectivity index (χ1n) is 7.43. The molecular formula is C16H22Cl2N4O. The molecule has 0 spiro atoms. The van der Waals surface area contributed by atoms with Gasteiger partial charge in [-0.1, -0.05) is 12.1 Å². The van der Waals surface area contributed by atoms with E-state index in [9.17, 15) is 4.79 Å². The predicted molar refractivity (Wildman–Crippen MR) is 96.9 cm³/mol. The molecule has 1 aliphatic rings. The third kappa shape index (κ3) is 5.23. The number of benzene rings is 1. The average Bonchev–Trinajstić information content (AvgIpc) is 3.19. The highest BCUT2D eigenvalue weighted by molar-refractivity contribution is 5.92. The maximum Gasteiger partial charge on any atom is 0.224 e. The predicted octanol–water partition coefficient (Wildman–Crippen LogP) is 3.19. The van der Waals surface area contributed by atoms with Crippen molar-refractivity contribution >= 4 is 36.4 Å². The summed E-state index contributed by atoms with van der Waals surface area (Å²) in [7, 11) is 0. The van der Waals surface area contributed by atoms with Crippen LogP contribution in [-0.2, 0) is 4.79 Å². The molecule has 2 aromatic rings. The summed E-state index contributed by atoms with van der Waals surface area (Å²) in [6.07, 6.45) is 9.18. The third-order valence-corrected chi connectivity index (χ3v) is 3.84. The molecule has 0 bridgehead atoms. The van der Waals surface area contributed by atoms with E-state index in [4.69, 9.17) is 0 Å². The van der Waals surface area contributed by atoms with Gasteiger partial charge in [-0.2, -0.15) is 0 Å². The highest BCUT2D eigenvalue weighted by atomic mass is 35.5. The van der Waals surface area contributed by atoms with E-state index in [0.717, 1.165) is 24.3 Å². The van der Waals surface area contributed by atoms with Crippen molar-refractivity contribution in [3.8, 4) is 5.69 Å². The van der Waals surface area contributed by atoms with E-state index in [1.165, 1.54) is 12.8 Å². The molecule has 1 aromatic carbocycles. The van der Waals surface area contributed by atoms with E-state index in [-0.39, 0.29) is 30.7 Å². The summed E-state index contributed by atoms with van der Waals surface area (Å²) in [6, 6.07) is 8.26. The van der Waals surface area contributed by atoms with Crippen molar-refractivity contribution in [3.63, 3.8) is 0 Å². The van der Waals surface area contributed by atoms with Crippen LogP contribution in [0.1, 0.15) is 25.7 Å². The fraction of sp³-hybridized carbons (Fsp3) is 0.375. The number of hydrogen-bond acceptors (Lipinski definition) is 3. The Labute approximate surface area is 148 Å². The first-order chi connectivity index (χ1) is 10.3. The lowest BCUT2D eigenvalue weighted by Gasteiger charge is -2.13.